The number of benzene rings is 1. The number of hydrogen-bond acceptors (Lipinski definition) is 1. The molecule has 4 heteroatoms. The van der Waals surface area contributed by atoms with E-state index in [4.69, 9.17) is 23.2 Å². The van der Waals surface area contributed by atoms with E-state index in [0.29, 0.717) is 11.6 Å². The minimum Gasteiger partial charge on any atom is -0.355 e. The molecule has 0 radical (unpaired) electrons. The summed E-state index contributed by atoms with van der Waals surface area (Å²) >= 11 is 11.9. The number of carbonyl (C=O) groups is 1. The number of hydrogen-bond donors (Lipinski definition) is 1. The van der Waals surface area contributed by atoms with Crippen LogP contribution in [0.4, 0.5) is 0 Å². The van der Waals surface area contributed by atoms with E-state index in [0.717, 1.165) is 11.1 Å². The van der Waals surface area contributed by atoms with Crippen LogP contribution in [0.15, 0.2) is 18.2 Å². The summed E-state index contributed by atoms with van der Waals surface area (Å²) in [5.41, 5.74) is 1.69. The van der Waals surface area contributed by atoms with Crippen LogP contribution in [-0.4, -0.2) is 12.5 Å². The van der Waals surface area contributed by atoms with Crippen LogP contribution in [-0.2, 0) is 4.79 Å². The van der Waals surface area contributed by atoms with Crippen molar-refractivity contribution in [1.82, 2.24) is 5.32 Å². The monoisotopic (exact) mass is 245 g/mol. The van der Waals surface area contributed by atoms with Crippen molar-refractivity contribution in [2.75, 3.05) is 6.54 Å². The highest BCUT2D eigenvalue weighted by molar-refractivity contribution is 6.33. The van der Waals surface area contributed by atoms with Gasteiger partial charge in [-0.2, -0.15) is 0 Å². The van der Waals surface area contributed by atoms with Crippen molar-refractivity contribution in [1.29, 1.82) is 0 Å². The molecule has 0 aliphatic rings. The van der Waals surface area contributed by atoms with Gasteiger partial charge in [0.15, 0.2) is 0 Å². The second-order valence-electron chi connectivity index (χ2n) is 3.27. The lowest BCUT2D eigenvalue weighted by molar-refractivity contribution is -0.120. The fourth-order valence-electron chi connectivity index (χ4n) is 1.18. The van der Waals surface area contributed by atoms with Gasteiger partial charge < -0.3 is 5.32 Å². The molecule has 1 atom stereocenters. The summed E-state index contributed by atoms with van der Waals surface area (Å²) in [7, 11) is 0. The molecule has 0 aliphatic heterocycles. The number of nitrogens with one attached hydrogen (secondary N) is 1. The summed E-state index contributed by atoms with van der Waals surface area (Å²) in [6, 6.07) is 5.39. The van der Waals surface area contributed by atoms with E-state index in [9.17, 15) is 4.79 Å². The summed E-state index contributed by atoms with van der Waals surface area (Å²) < 4.78 is 0. The highest BCUT2D eigenvalue weighted by Gasteiger charge is 2.17. The van der Waals surface area contributed by atoms with Gasteiger partial charge in [0.25, 0.3) is 0 Å². The Balaban J connectivity index is 2.86. The fraction of sp³-hybridized carbons (Fsp3) is 0.364. The molecule has 0 aromatic heterocycles. The maximum Gasteiger partial charge on any atom is 0.242 e. The molecule has 0 saturated carbocycles. The Labute approximate surface area is 99.6 Å². The summed E-state index contributed by atoms with van der Waals surface area (Å²) in [6.45, 7) is 4.33. The Morgan fingerprint density at radius 3 is 2.73 bits per heavy atom. The van der Waals surface area contributed by atoms with E-state index in [1.54, 1.807) is 6.07 Å². The molecule has 0 fully saturated rings. The first-order chi connectivity index (χ1) is 7.06. The number of aryl methyl sites for hydroxylation is 1. The van der Waals surface area contributed by atoms with Gasteiger partial charge in [-0.1, -0.05) is 23.7 Å². The van der Waals surface area contributed by atoms with Gasteiger partial charge in [0.2, 0.25) is 5.91 Å². The third-order valence-electron chi connectivity index (χ3n) is 2.07. The van der Waals surface area contributed by atoms with Gasteiger partial charge in [-0.3, -0.25) is 4.79 Å². The number of carbonyl (C=O) groups excluding carboxylic acids is 1. The van der Waals surface area contributed by atoms with Crippen LogP contribution in [0.3, 0.4) is 0 Å². The molecule has 1 unspecified atom stereocenters. The molecule has 1 amide bonds. The van der Waals surface area contributed by atoms with Crippen molar-refractivity contribution < 1.29 is 4.79 Å². The molecule has 0 heterocycles. The highest BCUT2D eigenvalue weighted by atomic mass is 35.5. The molecule has 0 aliphatic carbocycles. The molecule has 2 nitrogen and oxygen atoms in total. The molecule has 1 aromatic carbocycles. The average molecular weight is 246 g/mol. The topological polar surface area (TPSA) is 29.1 Å². The molecule has 1 rings (SSSR count). The normalized spacial score (nSPS) is 12.3. The van der Waals surface area contributed by atoms with Gasteiger partial charge in [0.1, 0.15) is 5.38 Å². The van der Waals surface area contributed by atoms with Crippen molar-refractivity contribution in [3.8, 4) is 0 Å². The minimum absolute atomic E-state index is 0.195. The van der Waals surface area contributed by atoms with Gasteiger partial charge in [-0.05, 0) is 31.0 Å². The zero-order valence-electron chi connectivity index (χ0n) is 8.68. The molecular weight excluding hydrogens is 233 g/mol. The predicted molar refractivity (Wildman–Crippen MR) is 63.5 cm³/mol. The van der Waals surface area contributed by atoms with Crippen LogP contribution in [0.2, 0.25) is 5.02 Å². The van der Waals surface area contributed by atoms with Gasteiger partial charge in [-0.15, -0.1) is 11.6 Å². The maximum atomic E-state index is 11.5. The Morgan fingerprint density at radius 2 is 2.20 bits per heavy atom. The van der Waals surface area contributed by atoms with Crippen LogP contribution in [0.5, 0.6) is 0 Å². The molecule has 1 aromatic rings. The SMILES string of the molecule is CCNC(=O)C(Cl)c1ccc(C)c(Cl)c1. The minimum atomic E-state index is -0.678. The van der Waals surface area contributed by atoms with Crippen molar-refractivity contribution >= 4 is 29.1 Å². The van der Waals surface area contributed by atoms with Crippen LogP contribution in [0.25, 0.3) is 0 Å². The lowest BCUT2D eigenvalue weighted by Gasteiger charge is -2.10. The maximum absolute atomic E-state index is 11.5. The third kappa shape index (κ3) is 3.11. The second-order valence-corrected chi connectivity index (χ2v) is 4.11. The second kappa shape index (κ2) is 5.38. The van der Waals surface area contributed by atoms with Gasteiger partial charge in [0, 0.05) is 11.6 Å². The first-order valence-corrected chi connectivity index (χ1v) is 5.55. The Bertz CT molecular complexity index is 366. The Morgan fingerprint density at radius 1 is 1.53 bits per heavy atom. The lowest BCUT2D eigenvalue weighted by Crippen LogP contribution is -2.26. The standard InChI is InChI=1S/C11H13Cl2NO/c1-3-14-11(15)10(13)8-5-4-7(2)9(12)6-8/h4-6,10H,3H2,1-2H3,(H,14,15). The van der Waals surface area contributed by atoms with Crippen molar-refractivity contribution in [2.24, 2.45) is 0 Å². The summed E-state index contributed by atoms with van der Waals surface area (Å²) in [5, 5.41) is 2.61. The van der Waals surface area contributed by atoms with Crippen molar-refractivity contribution in [3.63, 3.8) is 0 Å². The molecule has 15 heavy (non-hydrogen) atoms. The van der Waals surface area contributed by atoms with E-state index in [1.807, 2.05) is 26.0 Å². The summed E-state index contributed by atoms with van der Waals surface area (Å²) in [6.07, 6.45) is 0. The van der Waals surface area contributed by atoms with Gasteiger partial charge in [0.05, 0.1) is 0 Å². The predicted octanol–water partition coefficient (Wildman–Crippen LogP) is 3.06. The third-order valence-corrected chi connectivity index (χ3v) is 2.93. The number of alkyl halides is 1. The van der Waals surface area contributed by atoms with E-state index in [-0.39, 0.29) is 5.91 Å². The van der Waals surface area contributed by atoms with Crippen LogP contribution in [0.1, 0.15) is 23.4 Å². The van der Waals surface area contributed by atoms with Crippen LogP contribution >= 0.6 is 23.2 Å². The largest absolute Gasteiger partial charge is 0.355 e. The summed E-state index contributed by atoms with van der Waals surface area (Å²) in [4.78, 5) is 11.5. The lowest BCUT2D eigenvalue weighted by atomic mass is 10.1. The van der Waals surface area contributed by atoms with Crippen LogP contribution in [0, 0.1) is 6.92 Å². The zero-order chi connectivity index (χ0) is 11.4. The van der Waals surface area contributed by atoms with Crippen LogP contribution < -0.4 is 5.32 Å². The molecular formula is C11H13Cl2NO. The molecule has 0 bridgehead atoms. The first kappa shape index (κ1) is 12.3. The average Bonchev–Trinajstić information content (AvgIpc) is 2.21. The smallest absolute Gasteiger partial charge is 0.242 e. The molecule has 0 saturated heterocycles. The molecule has 82 valence electrons. The number of halogens is 2. The number of rotatable bonds is 3. The summed E-state index contributed by atoms with van der Waals surface area (Å²) in [5.74, 6) is -0.195. The molecule has 0 spiro atoms. The zero-order valence-corrected chi connectivity index (χ0v) is 10.2. The van der Waals surface area contributed by atoms with Crippen molar-refractivity contribution in [3.05, 3.63) is 34.3 Å². The van der Waals surface area contributed by atoms with Gasteiger partial charge >= 0.3 is 0 Å². The van der Waals surface area contributed by atoms with E-state index in [2.05, 4.69) is 5.32 Å². The number of amides is 1. The number of likely N-dealkylation sites (N-methyl/N-ethyl adjacent to an activating group) is 1. The first-order valence-electron chi connectivity index (χ1n) is 4.74. The fourth-order valence-corrected chi connectivity index (χ4v) is 1.58. The molecule has 1 N–H and O–H groups in total. The Hall–Kier alpha value is -0.730. The highest BCUT2D eigenvalue weighted by Crippen LogP contribution is 2.25. The van der Waals surface area contributed by atoms with Gasteiger partial charge in [-0.25, -0.2) is 0 Å². The quantitative estimate of drug-likeness (QED) is 0.816. The Kier molecular flexibility index (Phi) is 4.43. The van der Waals surface area contributed by atoms with E-state index in [1.165, 1.54) is 0 Å². The van der Waals surface area contributed by atoms with E-state index >= 15 is 0 Å². The van der Waals surface area contributed by atoms with Crippen molar-refractivity contribution in [2.45, 2.75) is 19.2 Å². The van der Waals surface area contributed by atoms with E-state index < -0.39 is 5.38 Å².